The molecule has 0 aromatic carbocycles. The summed E-state index contributed by atoms with van der Waals surface area (Å²) in [6.45, 7) is 10.9. The molecular formula is C26H42N2OS. The second-order valence-electron chi connectivity index (χ2n) is 8.98. The standard InChI is InChI=1S/C26H42N2OS/c1-6-8-9-10-11-12-13-14-22-17-20(4)21(5)18-23(22)25(29)28-24-19(3)15-16-27-26(24)30-7-2/h15-16,22-23H,6-14,17-18H2,1-5H3,(H,28,29). The lowest BCUT2D eigenvalue weighted by Gasteiger charge is -2.32. The fourth-order valence-electron chi connectivity index (χ4n) is 4.50. The van der Waals surface area contributed by atoms with Crippen LogP contribution in [-0.2, 0) is 4.79 Å². The number of anilines is 1. The van der Waals surface area contributed by atoms with E-state index in [2.05, 4.69) is 44.9 Å². The van der Waals surface area contributed by atoms with Gasteiger partial charge in [-0.15, -0.1) is 11.8 Å². The van der Waals surface area contributed by atoms with Gasteiger partial charge in [0.1, 0.15) is 5.03 Å². The van der Waals surface area contributed by atoms with Crippen LogP contribution >= 0.6 is 11.8 Å². The van der Waals surface area contributed by atoms with Crippen molar-refractivity contribution in [3.05, 3.63) is 29.0 Å². The van der Waals surface area contributed by atoms with Gasteiger partial charge in [0, 0.05) is 12.1 Å². The minimum atomic E-state index is 0.0767. The van der Waals surface area contributed by atoms with Crippen LogP contribution in [0.4, 0.5) is 5.69 Å². The molecule has 0 bridgehead atoms. The zero-order valence-electron chi connectivity index (χ0n) is 19.9. The maximum absolute atomic E-state index is 13.4. The van der Waals surface area contributed by atoms with Crippen molar-refractivity contribution in [2.24, 2.45) is 11.8 Å². The molecule has 168 valence electrons. The highest BCUT2D eigenvalue weighted by Crippen LogP contribution is 2.38. The van der Waals surface area contributed by atoms with Crippen LogP contribution in [0.3, 0.4) is 0 Å². The first-order chi connectivity index (χ1) is 14.5. The molecule has 1 aliphatic carbocycles. The molecule has 0 saturated heterocycles. The smallest absolute Gasteiger partial charge is 0.228 e. The first-order valence-corrected chi connectivity index (χ1v) is 13.0. The normalized spacial score (nSPS) is 19.2. The molecule has 1 aromatic heterocycles. The fourth-order valence-corrected chi connectivity index (χ4v) is 5.27. The summed E-state index contributed by atoms with van der Waals surface area (Å²) in [4.78, 5) is 17.9. The van der Waals surface area contributed by atoms with Gasteiger partial charge in [-0.25, -0.2) is 4.98 Å². The van der Waals surface area contributed by atoms with Crippen molar-refractivity contribution in [2.75, 3.05) is 11.1 Å². The number of aryl methyl sites for hydroxylation is 1. The third-order valence-electron chi connectivity index (χ3n) is 6.56. The molecule has 1 amide bonds. The van der Waals surface area contributed by atoms with Crippen molar-refractivity contribution in [2.45, 2.75) is 104 Å². The zero-order valence-corrected chi connectivity index (χ0v) is 20.7. The van der Waals surface area contributed by atoms with Gasteiger partial charge in [0.05, 0.1) is 5.69 Å². The SMILES string of the molecule is CCCCCCCCCC1CC(C)=C(C)CC1C(=O)Nc1c(C)ccnc1SCC. The monoisotopic (exact) mass is 430 g/mol. The first-order valence-electron chi connectivity index (χ1n) is 12.0. The van der Waals surface area contributed by atoms with E-state index in [1.807, 2.05) is 12.3 Å². The second kappa shape index (κ2) is 13.2. The molecule has 0 fully saturated rings. The third kappa shape index (κ3) is 7.44. The van der Waals surface area contributed by atoms with Gasteiger partial charge in [0.15, 0.2) is 0 Å². The Kier molecular flexibility index (Phi) is 11.0. The predicted molar refractivity (Wildman–Crippen MR) is 131 cm³/mol. The molecule has 30 heavy (non-hydrogen) atoms. The Labute approximate surface area is 188 Å². The molecule has 4 heteroatoms. The van der Waals surface area contributed by atoms with Gasteiger partial charge in [-0.1, -0.05) is 69.9 Å². The lowest BCUT2D eigenvalue weighted by atomic mass is 9.74. The molecule has 1 aliphatic rings. The van der Waals surface area contributed by atoms with Crippen LogP contribution in [0.1, 0.15) is 97.5 Å². The lowest BCUT2D eigenvalue weighted by Crippen LogP contribution is -2.33. The average Bonchev–Trinajstić information content (AvgIpc) is 2.72. The van der Waals surface area contributed by atoms with Crippen molar-refractivity contribution in [1.82, 2.24) is 4.98 Å². The van der Waals surface area contributed by atoms with Gasteiger partial charge in [0.25, 0.3) is 0 Å². The van der Waals surface area contributed by atoms with Crippen molar-refractivity contribution >= 4 is 23.4 Å². The van der Waals surface area contributed by atoms with Crippen LogP contribution < -0.4 is 5.32 Å². The van der Waals surface area contributed by atoms with Gasteiger partial charge in [-0.3, -0.25) is 4.79 Å². The quantitative estimate of drug-likeness (QED) is 0.208. The van der Waals surface area contributed by atoms with E-state index in [0.717, 1.165) is 34.9 Å². The molecule has 2 rings (SSSR count). The number of aromatic nitrogens is 1. The van der Waals surface area contributed by atoms with E-state index >= 15 is 0 Å². The summed E-state index contributed by atoms with van der Waals surface area (Å²) in [5.74, 6) is 1.67. The summed E-state index contributed by atoms with van der Waals surface area (Å²) in [6, 6.07) is 1.99. The molecule has 1 N–H and O–H groups in total. The van der Waals surface area contributed by atoms with E-state index in [9.17, 15) is 4.79 Å². The minimum Gasteiger partial charge on any atom is -0.323 e. The molecule has 0 aliphatic heterocycles. The molecular weight excluding hydrogens is 388 g/mol. The Morgan fingerprint density at radius 2 is 1.70 bits per heavy atom. The Bertz CT molecular complexity index is 713. The van der Waals surface area contributed by atoms with Crippen LogP contribution in [0, 0.1) is 18.8 Å². The Hall–Kier alpha value is -1.29. The number of thioether (sulfide) groups is 1. The number of amides is 1. The minimum absolute atomic E-state index is 0.0767. The molecule has 2 unspecified atom stereocenters. The Morgan fingerprint density at radius 3 is 2.40 bits per heavy atom. The van der Waals surface area contributed by atoms with Crippen LogP contribution in [0.5, 0.6) is 0 Å². The number of unbranched alkanes of at least 4 members (excludes halogenated alkanes) is 6. The average molecular weight is 431 g/mol. The Morgan fingerprint density at radius 1 is 1.03 bits per heavy atom. The Balaban J connectivity index is 2.00. The molecule has 3 nitrogen and oxygen atoms in total. The van der Waals surface area contributed by atoms with Crippen molar-refractivity contribution < 1.29 is 4.79 Å². The summed E-state index contributed by atoms with van der Waals surface area (Å²) in [5.41, 5.74) is 4.90. The highest BCUT2D eigenvalue weighted by Gasteiger charge is 2.32. The highest BCUT2D eigenvalue weighted by molar-refractivity contribution is 7.99. The van der Waals surface area contributed by atoms with Gasteiger partial charge in [-0.05, 0) is 63.3 Å². The topological polar surface area (TPSA) is 42.0 Å². The summed E-state index contributed by atoms with van der Waals surface area (Å²) in [7, 11) is 0. The zero-order chi connectivity index (χ0) is 21.9. The number of hydrogen-bond donors (Lipinski definition) is 1. The fraction of sp³-hybridized carbons (Fsp3) is 0.692. The number of carbonyl (C=O) groups excluding carboxylic acids is 1. The van der Waals surface area contributed by atoms with E-state index in [4.69, 9.17) is 0 Å². The van der Waals surface area contributed by atoms with E-state index in [1.165, 1.54) is 62.5 Å². The van der Waals surface area contributed by atoms with E-state index in [-0.39, 0.29) is 11.8 Å². The number of nitrogens with one attached hydrogen (secondary N) is 1. The van der Waals surface area contributed by atoms with Crippen molar-refractivity contribution in [3.8, 4) is 0 Å². The van der Waals surface area contributed by atoms with Gasteiger partial charge >= 0.3 is 0 Å². The summed E-state index contributed by atoms with van der Waals surface area (Å²) >= 11 is 1.70. The van der Waals surface area contributed by atoms with Crippen LogP contribution in [0.15, 0.2) is 28.4 Å². The molecule has 1 heterocycles. The van der Waals surface area contributed by atoms with Gasteiger partial charge in [-0.2, -0.15) is 0 Å². The number of carbonyl (C=O) groups is 1. The van der Waals surface area contributed by atoms with Crippen molar-refractivity contribution in [1.29, 1.82) is 0 Å². The maximum atomic E-state index is 13.4. The van der Waals surface area contributed by atoms with E-state index < -0.39 is 0 Å². The third-order valence-corrected chi connectivity index (χ3v) is 7.43. The number of allylic oxidation sites excluding steroid dienone is 2. The molecule has 2 atom stereocenters. The van der Waals surface area contributed by atoms with Crippen molar-refractivity contribution in [3.63, 3.8) is 0 Å². The van der Waals surface area contributed by atoms with E-state index in [0.29, 0.717) is 5.92 Å². The molecule has 0 spiro atoms. The maximum Gasteiger partial charge on any atom is 0.228 e. The van der Waals surface area contributed by atoms with Gasteiger partial charge < -0.3 is 5.32 Å². The van der Waals surface area contributed by atoms with Crippen LogP contribution in [0.2, 0.25) is 0 Å². The number of nitrogens with zero attached hydrogens (tertiary/aromatic N) is 1. The number of pyridine rings is 1. The molecule has 0 radical (unpaired) electrons. The molecule has 0 saturated carbocycles. The second-order valence-corrected chi connectivity index (χ2v) is 10.2. The number of rotatable bonds is 12. The van der Waals surface area contributed by atoms with Crippen LogP contribution in [0.25, 0.3) is 0 Å². The highest BCUT2D eigenvalue weighted by atomic mass is 32.2. The lowest BCUT2D eigenvalue weighted by molar-refractivity contribution is -0.121. The summed E-state index contributed by atoms with van der Waals surface area (Å²) in [5, 5.41) is 4.22. The molecule has 1 aromatic rings. The van der Waals surface area contributed by atoms with Crippen LogP contribution in [-0.4, -0.2) is 16.6 Å². The largest absolute Gasteiger partial charge is 0.323 e. The number of hydrogen-bond acceptors (Lipinski definition) is 3. The summed E-state index contributed by atoms with van der Waals surface area (Å²) < 4.78 is 0. The first kappa shape index (κ1) is 25.0. The van der Waals surface area contributed by atoms with E-state index in [1.54, 1.807) is 11.8 Å². The summed E-state index contributed by atoms with van der Waals surface area (Å²) in [6.07, 6.45) is 14.3. The van der Waals surface area contributed by atoms with Gasteiger partial charge in [0.2, 0.25) is 5.91 Å². The predicted octanol–water partition coefficient (Wildman–Crippen LogP) is 7.94.